The molecule has 4 heteroatoms. The molecule has 4 nitrogen and oxygen atoms in total. The van der Waals surface area contributed by atoms with E-state index in [1.54, 1.807) is 18.3 Å². The Morgan fingerprint density at radius 2 is 2.22 bits per heavy atom. The second-order valence-electron chi connectivity index (χ2n) is 4.57. The van der Waals surface area contributed by atoms with Crippen molar-refractivity contribution >= 4 is 5.84 Å². The molecule has 1 heterocycles. The van der Waals surface area contributed by atoms with Crippen molar-refractivity contribution in [3.05, 3.63) is 24.0 Å². The summed E-state index contributed by atoms with van der Waals surface area (Å²) in [5, 5.41) is 7.33. The van der Waals surface area contributed by atoms with Gasteiger partial charge in [-0.2, -0.15) is 0 Å². The van der Waals surface area contributed by atoms with Gasteiger partial charge in [0, 0.05) is 12.3 Å². The number of nitrogen functional groups attached to an aromatic ring is 1. The fourth-order valence-electron chi connectivity index (χ4n) is 1.78. The predicted molar refractivity (Wildman–Crippen MR) is 74.1 cm³/mol. The van der Waals surface area contributed by atoms with Gasteiger partial charge in [0.25, 0.3) is 0 Å². The first-order valence-corrected chi connectivity index (χ1v) is 6.60. The van der Waals surface area contributed by atoms with Crippen LogP contribution in [0, 0.1) is 5.41 Å². The molecule has 18 heavy (non-hydrogen) atoms. The molecule has 1 rings (SSSR count). The Morgan fingerprint density at radius 1 is 1.44 bits per heavy atom. The summed E-state index contributed by atoms with van der Waals surface area (Å²) in [6.07, 6.45) is 7.86. The van der Waals surface area contributed by atoms with Gasteiger partial charge in [-0.25, -0.2) is 0 Å². The first-order valence-electron chi connectivity index (χ1n) is 6.60. The first kappa shape index (κ1) is 14.5. The van der Waals surface area contributed by atoms with E-state index < -0.39 is 0 Å². The highest BCUT2D eigenvalue weighted by molar-refractivity contribution is 5.93. The number of nitrogens with two attached hydrogens (primary N) is 1. The zero-order valence-corrected chi connectivity index (χ0v) is 11.3. The van der Waals surface area contributed by atoms with E-state index in [4.69, 9.17) is 15.9 Å². The maximum atomic E-state index is 7.33. The van der Waals surface area contributed by atoms with Crippen LogP contribution in [0.15, 0.2) is 18.3 Å². The average Bonchev–Trinajstić information content (AvgIpc) is 2.35. The second kappa shape index (κ2) is 7.69. The molecule has 0 aromatic carbocycles. The van der Waals surface area contributed by atoms with Gasteiger partial charge in [-0.05, 0) is 25.8 Å². The minimum absolute atomic E-state index is 0.0314. The number of nitrogens with one attached hydrogen (secondary N) is 1. The molecule has 0 bridgehead atoms. The Bertz CT molecular complexity index is 379. The van der Waals surface area contributed by atoms with Gasteiger partial charge in [0.05, 0.1) is 6.10 Å². The summed E-state index contributed by atoms with van der Waals surface area (Å²) in [5.74, 6) is 0.703. The highest BCUT2D eigenvalue weighted by Gasteiger charge is 2.06. The number of aromatic nitrogens is 1. The van der Waals surface area contributed by atoms with E-state index in [-0.39, 0.29) is 11.9 Å². The third kappa shape index (κ3) is 5.17. The van der Waals surface area contributed by atoms with E-state index in [1.807, 2.05) is 0 Å². The number of hydrogen-bond acceptors (Lipinski definition) is 3. The lowest BCUT2D eigenvalue weighted by Gasteiger charge is -2.14. The Kier molecular flexibility index (Phi) is 6.19. The number of hydrogen-bond donors (Lipinski definition) is 2. The van der Waals surface area contributed by atoms with Gasteiger partial charge in [-0.1, -0.05) is 26.2 Å². The van der Waals surface area contributed by atoms with Gasteiger partial charge in [0.2, 0.25) is 0 Å². The van der Waals surface area contributed by atoms with Crippen LogP contribution in [0.1, 0.15) is 51.6 Å². The minimum atomic E-state index is -0.0314. The smallest absolute Gasteiger partial charge is 0.141 e. The summed E-state index contributed by atoms with van der Waals surface area (Å²) in [4.78, 5) is 4.00. The predicted octanol–water partition coefficient (Wildman–Crippen LogP) is 3.10. The third-order valence-electron chi connectivity index (χ3n) is 2.81. The summed E-state index contributed by atoms with van der Waals surface area (Å²) in [6, 6.07) is 3.51. The lowest BCUT2D eigenvalue weighted by atomic mass is 10.1. The van der Waals surface area contributed by atoms with E-state index in [0.29, 0.717) is 5.69 Å². The van der Waals surface area contributed by atoms with Crippen molar-refractivity contribution in [3.63, 3.8) is 0 Å². The number of rotatable bonds is 8. The molecule has 0 aliphatic rings. The second-order valence-corrected chi connectivity index (χ2v) is 4.57. The van der Waals surface area contributed by atoms with Gasteiger partial charge < -0.3 is 10.5 Å². The van der Waals surface area contributed by atoms with Crippen LogP contribution in [-0.4, -0.2) is 16.9 Å². The number of ether oxygens (including phenoxy) is 1. The molecule has 0 amide bonds. The van der Waals surface area contributed by atoms with E-state index in [2.05, 4.69) is 18.8 Å². The van der Waals surface area contributed by atoms with Gasteiger partial charge >= 0.3 is 0 Å². The minimum Gasteiger partial charge on any atom is -0.491 e. The van der Waals surface area contributed by atoms with Crippen LogP contribution in [-0.2, 0) is 0 Å². The monoisotopic (exact) mass is 249 g/mol. The van der Waals surface area contributed by atoms with Crippen LogP contribution < -0.4 is 10.5 Å². The van der Waals surface area contributed by atoms with Crippen molar-refractivity contribution in [2.75, 3.05) is 0 Å². The van der Waals surface area contributed by atoms with Crippen LogP contribution in [0.2, 0.25) is 0 Å². The van der Waals surface area contributed by atoms with E-state index in [1.165, 1.54) is 25.7 Å². The molecule has 1 aromatic heterocycles. The maximum absolute atomic E-state index is 7.33. The molecule has 0 saturated carbocycles. The van der Waals surface area contributed by atoms with Gasteiger partial charge in [0.15, 0.2) is 0 Å². The molecule has 0 aliphatic heterocycles. The largest absolute Gasteiger partial charge is 0.491 e. The summed E-state index contributed by atoms with van der Waals surface area (Å²) in [7, 11) is 0. The number of unbranched alkanes of at least 4 members (excludes halogenated alkanes) is 3. The Hall–Kier alpha value is -1.58. The maximum Gasteiger partial charge on any atom is 0.141 e. The fourth-order valence-corrected chi connectivity index (χ4v) is 1.78. The average molecular weight is 249 g/mol. The summed E-state index contributed by atoms with van der Waals surface area (Å²) < 4.78 is 5.79. The number of pyridine rings is 1. The van der Waals surface area contributed by atoms with Crippen molar-refractivity contribution in [1.29, 1.82) is 5.41 Å². The molecule has 1 atom stereocenters. The van der Waals surface area contributed by atoms with E-state index >= 15 is 0 Å². The molecule has 1 aromatic rings. The summed E-state index contributed by atoms with van der Waals surface area (Å²) in [5.41, 5.74) is 5.86. The highest BCUT2D eigenvalue weighted by atomic mass is 16.5. The molecule has 0 aliphatic carbocycles. The molecule has 1 unspecified atom stereocenters. The van der Waals surface area contributed by atoms with Gasteiger partial charge in [0.1, 0.15) is 17.3 Å². The number of nitrogens with zero attached hydrogens (tertiary/aromatic N) is 1. The van der Waals surface area contributed by atoms with Gasteiger partial charge in [-0.15, -0.1) is 0 Å². The van der Waals surface area contributed by atoms with Crippen molar-refractivity contribution < 1.29 is 4.74 Å². The zero-order chi connectivity index (χ0) is 13.4. The quantitative estimate of drug-likeness (QED) is 0.422. The molecule has 0 radical (unpaired) electrons. The molecule has 0 fully saturated rings. The highest BCUT2D eigenvalue weighted by Crippen LogP contribution is 2.15. The van der Waals surface area contributed by atoms with E-state index in [0.717, 1.165) is 12.2 Å². The summed E-state index contributed by atoms with van der Waals surface area (Å²) in [6.45, 7) is 4.28. The summed E-state index contributed by atoms with van der Waals surface area (Å²) >= 11 is 0. The molecule has 0 saturated heterocycles. The third-order valence-corrected chi connectivity index (χ3v) is 2.81. The molecular weight excluding hydrogens is 226 g/mol. The first-order chi connectivity index (χ1) is 8.63. The van der Waals surface area contributed by atoms with Crippen LogP contribution in [0.5, 0.6) is 5.75 Å². The van der Waals surface area contributed by atoms with Crippen molar-refractivity contribution in [2.45, 2.75) is 52.1 Å². The lowest BCUT2D eigenvalue weighted by molar-refractivity contribution is 0.206. The molecular formula is C14H23N3O. The van der Waals surface area contributed by atoms with Crippen molar-refractivity contribution in [1.82, 2.24) is 4.98 Å². The van der Waals surface area contributed by atoms with Gasteiger partial charge in [-0.3, -0.25) is 10.4 Å². The standard InChI is InChI=1S/C14H23N3O/c1-3-4-5-6-7-11(2)18-12-8-9-17-13(10-12)14(15)16/h8-11H,3-7H2,1-2H3,(H3,15,16). The van der Waals surface area contributed by atoms with Crippen molar-refractivity contribution in [3.8, 4) is 5.75 Å². The molecule has 0 spiro atoms. The number of amidine groups is 1. The van der Waals surface area contributed by atoms with Crippen LogP contribution >= 0.6 is 0 Å². The Morgan fingerprint density at radius 3 is 2.89 bits per heavy atom. The van der Waals surface area contributed by atoms with E-state index in [9.17, 15) is 0 Å². The van der Waals surface area contributed by atoms with Crippen LogP contribution in [0.25, 0.3) is 0 Å². The molecule has 100 valence electrons. The Labute approximate surface area is 109 Å². The zero-order valence-electron chi connectivity index (χ0n) is 11.3. The molecule has 3 N–H and O–H groups in total. The Balaban J connectivity index is 2.41. The normalized spacial score (nSPS) is 12.1. The SMILES string of the molecule is CCCCCCC(C)Oc1ccnc(C(=N)N)c1. The van der Waals surface area contributed by atoms with Crippen molar-refractivity contribution in [2.24, 2.45) is 5.73 Å². The topological polar surface area (TPSA) is 72.0 Å². The lowest BCUT2D eigenvalue weighted by Crippen LogP contribution is -2.15. The van der Waals surface area contributed by atoms with Crippen LogP contribution in [0.4, 0.5) is 0 Å². The van der Waals surface area contributed by atoms with Crippen LogP contribution in [0.3, 0.4) is 0 Å². The fraction of sp³-hybridized carbons (Fsp3) is 0.571.